The topological polar surface area (TPSA) is 228 Å². The number of hydrogen-bond donors (Lipinski definition) is 9. The predicted octanol–water partition coefficient (Wildman–Crippen LogP) is 12.3. The van der Waals surface area contributed by atoms with E-state index in [1.54, 1.807) is 0 Å². The van der Waals surface area contributed by atoms with Crippen LogP contribution in [0.3, 0.4) is 0 Å². The van der Waals surface area contributed by atoms with E-state index in [1.807, 2.05) is 0 Å². The Hall–Kier alpha value is -2.57. The number of ether oxygens (including phenoxy) is 4. The van der Waals surface area contributed by atoms with Gasteiger partial charge in [-0.2, -0.15) is 0 Å². The van der Waals surface area contributed by atoms with E-state index in [-0.39, 0.29) is 12.5 Å². The van der Waals surface area contributed by atoms with Gasteiger partial charge >= 0.3 is 0 Å². The van der Waals surface area contributed by atoms with Gasteiger partial charge in [-0.05, 0) is 64.2 Å². The van der Waals surface area contributed by atoms with Crippen LogP contribution in [0.2, 0.25) is 0 Å². The average molecular weight is 1150 g/mol. The molecule has 1 amide bonds. The molecule has 2 rings (SSSR count). The number of carbonyl (C=O) groups is 1. The molecule has 2 aliphatic rings. The molecular weight excluding hydrogens is 1030 g/mol. The number of aliphatic hydroxyl groups excluding tert-OH is 8. The van der Waals surface area contributed by atoms with Gasteiger partial charge in [-0.1, -0.05) is 254 Å². The van der Waals surface area contributed by atoms with Crippen LogP contribution in [-0.2, 0) is 23.7 Å². The monoisotopic (exact) mass is 1150 g/mol. The van der Waals surface area contributed by atoms with Crippen LogP contribution in [-0.4, -0.2) is 140 Å². The summed E-state index contributed by atoms with van der Waals surface area (Å²) in [5, 5.41) is 87.5. The Bertz CT molecular complexity index is 1630. The maximum absolute atomic E-state index is 13.3. The zero-order valence-electron chi connectivity index (χ0n) is 50.8. The Morgan fingerprint density at radius 3 is 1.31 bits per heavy atom. The lowest BCUT2D eigenvalue weighted by molar-refractivity contribution is -0.359. The average Bonchev–Trinajstić information content (AvgIpc) is 3.62. The third-order valence-electron chi connectivity index (χ3n) is 15.7. The van der Waals surface area contributed by atoms with Crippen molar-refractivity contribution in [3.05, 3.63) is 72.9 Å². The van der Waals surface area contributed by atoms with Crippen molar-refractivity contribution in [3.8, 4) is 0 Å². The molecule has 2 saturated heterocycles. The first-order valence-electron chi connectivity index (χ1n) is 32.7. The summed E-state index contributed by atoms with van der Waals surface area (Å²) in [7, 11) is 0. The minimum Gasteiger partial charge on any atom is -0.394 e. The van der Waals surface area contributed by atoms with Gasteiger partial charge in [0.1, 0.15) is 48.8 Å². The normalized spacial score (nSPS) is 24.6. The number of hydrogen-bond acceptors (Lipinski definition) is 13. The zero-order chi connectivity index (χ0) is 58.8. The molecule has 0 aromatic heterocycles. The van der Waals surface area contributed by atoms with Crippen molar-refractivity contribution in [2.75, 3.05) is 19.8 Å². The third kappa shape index (κ3) is 36.8. The van der Waals surface area contributed by atoms with Crippen molar-refractivity contribution < 1.29 is 64.6 Å². The van der Waals surface area contributed by atoms with Crippen molar-refractivity contribution in [1.29, 1.82) is 0 Å². The first-order chi connectivity index (χ1) is 39.6. The summed E-state index contributed by atoms with van der Waals surface area (Å²) < 4.78 is 22.9. The summed E-state index contributed by atoms with van der Waals surface area (Å²) in [6, 6.07) is -0.839. The van der Waals surface area contributed by atoms with Gasteiger partial charge in [0.05, 0.1) is 32.0 Å². The number of nitrogens with one attached hydrogen (secondary N) is 1. The summed E-state index contributed by atoms with van der Waals surface area (Å²) in [4.78, 5) is 13.3. The predicted molar refractivity (Wildman–Crippen MR) is 327 cm³/mol. The quantitative estimate of drug-likeness (QED) is 0.0204. The van der Waals surface area contributed by atoms with Crippen LogP contribution < -0.4 is 5.32 Å². The first kappa shape index (κ1) is 74.5. The molecule has 0 aromatic carbocycles. The fraction of sp³-hybridized carbons (Fsp3) is 0.806. The molecule has 470 valence electrons. The number of unbranched alkanes of at least 4 members (excludes halogenated alkanes) is 27. The van der Waals surface area contributed by atoms with Gasteiger partial charge in [-0.15, -0.1) is 0 Å². The summed E-state index contributed by atoms with van der Waals surface area (Å²) in [5.41, 5.74) is 0. The minimum atomic E-state index is -1.79. The molecule has 14 heteroatoms. The van der Waals surface area contributed by atoms with Crippen LogP contribution in [0.1, 0.15) is 251 Å². The summed E-state index contributed by atoms with van der Waals surface area (Å²) >= 11 is 0. The second kappa shape index (κ2) is 51.8. The number of amides is 1. The van der Waals surface area contributed by atoms with E-state index in [9.17, 15) is 45.6 Å². The zero-order valence-corrected chi connectivity index (χ0v) is 50.8. The van der Waals surface area contributed by atoms with Crippen LogP contribution >= 0.6 is 0 Å². The lowest BCUT2D eigenvalue weighted by Crippen LogP contribution is -2.65. The van der Waals surface area contributed by atoms with Gasteiger partial charge in [-0.3, -0.25) is 4.79 Å². The van der Waals surface area contributed by atoms with Gasteiger partial charge in [0.2, 0.25) is 5.91 Å². The second-order valence-electron chi connectivity index (χ2n) is 22.9. The lowest BCUT2D eigenvalue weighted by Gasteiger charge is -2.46. The maximum atomic E-state index is 13.3. The first-order valence-corrected chi connectivity index (χ1v) is 32.7. The van der Waals surface area contributed by atoms with Crippen LogP contribution in [0, 0.1) is 0 Å². The molecule has 0 saturated carbocycles. The Balaban J connectivity index is 1.72. The smallest absolute Gasteiger partial charge is 0.220 e. The van der Waals surface area contributed by atoms with E-state index in [2.05, 4.69) is 92.1 Å². The SMILES string of the molecule is CC/C=C\C/C=C\C/C=C\C/C=C\C/C=C\C/C=C\CCCCCCCCCCC(=O)NC(COC1OC(CO)C(OC2OC(CO)C(O)C(O)C2O)C(O)C1O)C(O)CCCCCCCCCCCCCCCCCCCCCC. The van der Waals surface area contributed by atoms with E-state index in [4.69, 9.17) is 18.9 Å². The molecule has 12 unspecified atom stereocenters. The van der Waals surface area contributed by atoms with E-state index in [0.717, 1.165) is 89.9 Å². The van der Waals surface area contributed by atoms with Crippen LogP contribution in [0.15, 0.2) is 72.9 Å². The summed E-state index contributed by atoms with van der Waals surface area (Å²) in [5.74, 6) is -0.216. The Morgan fingerprint density at radius 2 is 0.852 bits per heavy atom. The highest BCUT2D eigenvalue weighted by atomic mass is 16.7. The molecule has 14 nitrogen and oxygen atoms in total. The van der Waals surface area contributed by atoms with E-state index in [1.165, 1.54) is 128 Å². The van der Waals surface area contributed by atoms with Gasteiger partial charge in [0, 0.05) is 6.42 Å². The molecular formula is C67H119NO13. The van der Waals surface area contributed by atoms with Crippen LogP contribution in [0.5, 0.6) is 0 Å². The third-order valence-corrected chi connectivity index (χ3v) is 15.7. The van der Waals surface area contributed by atoms with Crippen LogP contribution in [0.4, 0.5) is 0 Å². The molecule has 0 radical (unpaired) electrons. The van der Waals surface area contributed by atoms with Gasteiger partial charge in [-0.25, -0.2) is 0 Å². The Kier molecular flexibility index (Phi) is 47.7. The Morgan fingerprint density at radius 1 is 0.457 bits per heavy atom. The van der Waals surface area contributed by atoms with Crippen molar-refractivity contribution in [2.45, 2.75) is 325 Å². The molecule has 0 spiro atoms. The molecule has 2 fully saturated rings. The van der Waals surface area contributed by atoms with Crippen molar-refractivity contribution in [3.63, 3.8) is 0 Å². The highest BCUT2D eigenvalue weighted by Crippen LogP contribution is 2.30. The largest absolute Gasteiger partial charge is 0.394 e. The van der Waals surface area contributed by atoms with E-state index < -0.39 is 86.8 Å². The molecule has 81 heavy (non-hydrogen) atoms. The molecule has 2 heterocycles. The fourth-order valence-electron chi connectivity index (χ4n) is 10.5. The fourth-order valence-corrected chi connectivity index (χ4v) is 10.5. The summed E-state index contributed by atoms with van der Waals surface area (Å²) in [6.45, 7) is 2.76. The second-order valence-corrected chi connectivity index (χ2v) is 22.9. The van der Waals surface area contributed by atoms with E-state index >= 15 is 0 Å². The lowest BCUT2D eigenvalue weighted by atomic mass is 9.97. The standard InChI is InChI=1S/C67H119NO13/c1-3-5-7-9-11-13-15-17-19-21-23-25-26-27-28-29-30-31-33-35-37-39-41-43-45-47-49-51-59(72)68-55(56(71)50-48-46-44-42-40-38-36-34-32-24-22-20-18-16-14-12-10-8-6-4-2)54-78-66-64(77)62(75)65(58(53-70)80-66)81-67-63(76)61(74)60(73)57(52-69)79-67/h5,7,11,13,17,19,23,25,27-28,30-31,55-58,60-67,69-71,73-77H,3-4,6,8-10,12,14-16,18,20-22,24,26,29,32-54H2,1-2H3,(H,68,72)/b7-5-,13-11-,19-17-,25-23-,28-27-,31-30-. The Labute approximate surface area is 491 Å². The van der Waals surface area contributed by atoms with Gasteiger partial charge in [0.25, 0.3) is 0 Å². The maximum Gasteiger partial charge on any atom is 0.220 e. The van der Waals surface area contributed by atoms with E-state index in [0.29, 0.717) is 19.3 Å². The summed E-state index contributed by atoms with van der Waals surface area (Å²) in [6.07, 6.45) is 51.8. The van der Waals surface area contributed by atoms with Crippen molar-refractivity contribution in [2.24, 2.45) is 0 Å². The number of aliphatic hydroxyl groups is 8. The number of rotatable bonds is 52. The molecule has 0 bridgehead atoms. The minimum absolute atomic E-state index is 0.216. The number of allylic oxidation sites excluding steroid dienone is 12. The van der Waals surface area contributed by atoms with Crippen molar-refractivity contribution in [1.82, 2.24) is 5.32 Å². The van der Waals surface area contributed by atoms with Crippen LogP contribution in [0.25, 0.3) is 0 Å². The molecule has 0 aliphatic carbocycles. The molecule has 12 atom stereocenters. The molecule has 9 N–H and O–H groups in total. The van der Waals surface area contributed by atoms with Gasteiger partial charge in [0.15, 0.2) is 12.6 Å². The molecule has 0 aromatic rings. The van der Waals surface area contributed by atoms with Crippen molar-refractivity contribution >= 4 is 5.91 Å². The number of carbonyl (C=O) groups excluding carboxylic acids is 1. The van der Waals surface area contributed by atoms with Gasteiger partial charge < -0.3 is 65.1 Å². The molecule has 2 aliphatic heterocycles. The highest BCUT2D eigenvalue weighted by molar-refractivity contribution is 5.76. The highest BCUT2D eigenvalue weighted by Gasteiger charge is 2.51.